The molecule has 0 aliphatic carbocycles. The molecule has 2 rings (SSSR count). The maximum atomic E-state index is 9.35. The summed E-state index contributed by atoms with van der Waals surface area (Å²) in [5, 5.41) is 13.9. The molecule has 0 saturated carbocycles. The van der Waals surface area contributed by atoms with Gasteiger partial charge in [0.25, 0.3) is 0 Å². The van der Waals surface area contributed by atoms with Crippen molar-refractivity contribution < 1.29 is 5.11 Å². The number of hydrogen-bond donors (Lipinski definition) is 2. The Morgan fingerprint density at radius 1 is 1.79 bits per heavy atom. The number of aromatic nitrogens is 1. The van der Waals surface area contributed by atoms with E-state index in [1.807, 2.05) is 0 Å². The maximum Gasteiger partial charge on any atom is 0.0944 e. The molecule has 2 N–H and O–H groups in total. The zero-order chi connectivity index (χ0) is 9.97. The minimum Gasteiger partial charge on any atom is -0.388 e. The van der Waals surface area contributed by atoms with E-state index in [2.05, 4.69) is 10.3 Å². The molecule has 3 nitrogen and oxygen atoms in total. The van der Waals surface area contributed by atoms with Gasteiger partial charge in [0, 0.05) is 18.7 Å². The van der Waals surface area contributed by atoms with Gasteiger partial charge in [-0.25, -0.2) is 4.98 Å². The second-order valence-corrected chi connectivity index (χ2v) is 4.98. The maximum absolute atomic E-state index is 9.35. The highest BCUT2D eigenvalue weighted by Crippen LogP contribution is 2.22. The summed E-state index contributed by atoms with van der Waals surface area (Å²) in [7, 11) is 0. The fourth-order valence-corrected chi connectivity index (χ4v) is 2.69. The van der Waals surface area contributed by atoms with Crippen LogP contribution in [0.2, 0.25) is 0 Å². The molecule has 0 spiro atoms. The first-order valence-corrected chi connectivity index (χ1v) is 5.93. The molecule has 0 radical (unpaired) electrons. The summed E-state index contributed by atoms with van der Waals surface area (Å²) in [4.78, 5) is 5.29. The van der Waals surface area contributed by atoms with Gasteiger partial charge in [-0.1, -0.05) is 0 Å². The van der Waals surface area contributed by atoms with Crippen molar-refractivity contribution in [3.8, 4) is 0 Å². The van der Waals surface area contributed by atoms with E-state index in [1.165, 1.54) is 12.8 Å². The van der Waals surface area contributed by atoms with Gasteiger partial charge in [-0.05, 0) is 26.3 Å². The molecule has 4 heteroatoms. The second kappa shape index (κ2) is 4.38. The van der Waals surface area contributed by atoms with Crippen molar-refractivity contribution in [2.45, 2.75) is 38.3 Å². The minimum absolute atomic E-state index is 0.377. The van der Waals surface area contributed by atoms with Crippen LogP contribution in [-0.2, 0) is 6.42 Å². The Hall–Kier alpha value is -0.450. The summed E-state index contributed by atoms with van der Waals surface area (Å²) in [6.07, 6.45) is 4.96. The molecule has 1 aromatic heterocycles. The molecule has 0 aromatic carbocycles. The lowest BCUT2D eigenvalue weighted by Gasteiger charge is -2.06. The van der Waals surface area contributed by atoms with Crippen LogP contribution < -0.4 is 5.32 Å². The largest absolute Gasteiger partial charge is 0.388 e. The molecule has 1 fully saturated rings. The number of thiazole rings is 1. The molecular formula is C10H16N2OS. The van der Waals surface area contributed by atoms with Crippen LogP contribution in [0.25, 0.3) is 0 Å². The molecule has 0 bridgehead atoms. The van der Waals surface area contributed by atoms with Crippen molar-refractivity contribution in [3.05, 3.63) is 16.1 Å². The topological polar surface area (TPSA) is 45.2 Å². The van der Waals surface area contributed by atoms with Crippen molar-refractivity contribution in [1.82, 2.24) is 10.3 Å². The van der Waals surface area contributed by atoms with E-state index < -0.39 is 0 Å². The molecule has 0 amide bonds. The molecule has 78 valence electrons. The fraction of sp³-hybridized carbons (Fsp3) is 0.700. The number of aliphatic hydroxyl groups excluding tert-OH is 1. The first kappa shape index (κ1) is 10.1. The third kappa shape index (κ3) is 2.32. The lowest BCUT2D eigenvalue weighted by Crippen LogP contribution is -2.23. The lowest BCUT2D eigenvalue weighted by atomic mass is 10.2. The third-order valence-corrected chi connectivity index (χ3v) is 3.76. The first-order valence-electron chi connectivity index (χ1n) is 5.12. The van der Waals surface area contributed by atoms with E-state index in [0.717, 1.165) is 22.9 Å². The molecule has 1 aliphatic heterocycles. The van der Waals surface area contributed by atoms with E-state index in [4.69, 9.17) is 0 Å². The average Bonchev–Trinajstić information content (AvgIpc) is 2.75. The van der Waals surface area contributed by atoms with Gasteiger partial charge in [0.15, 0.2) is 0 Å². The second-order valence-electron chi connectivity index (χ2n) is 3.83. The fourth-order valence-electron chi connectivity index (χ4n) is 1.75. The van der Waals surface area contributed by atoms with Gasteiger partial charge >= 0.3 is 0 Å². The van der Waals surface area contributed by atoms with E-state index >= 15 is 0 Å². The Morgan fingerprint density at radius 2 is 2.64 bits per heavy atom. The van der Waals surface area contributed by atoms with Crippen molar-refractivity contribution in [3.63, 3.8) is 0 Å². The average molecular weight is 212 g/mol. The number of rotatable bonds is 3. The van der Waals surface area contributed by atoms with Gasteiger partial charge < -0.3 is 10.4 Å². The normalized spacial score (nSPS) is 24.0. The third-order valence-electron chi connectivity index (χ3n) is 2.57. The van der Waals surface area contributed by atoms with E-state index in [9.17, 15) is 5.11 Å². The van der Waals surface area contributed by atoms with Crippen LogP contribution in [0.4, 0.5) is 0 Å². The summed E-state index contributed by atoms with van der Waals surface area (Å²) in [6, 6.07) is 0.600. The Bertz CT molecular complexity index is 292. The quantitative estimate of drug-likeness (QED) is 0.798. The van der Waals surface area contributed by atoms with E-state index in [0.29, 0.717) is 6.04 Å². The monoisotopic (exact) mass is 212 g/mol. The zero-order valence-corrected chi connectivity index (χ0v) is 9.18. The molecule has 1 saturated heterocycles. The molecule has 1 aliphatic rings. The van der Waals surface area contributed by atoms with Gasteiger partial charge in [0.05, 0.1) is 16.0 Å². The van der Waals surface area contributed by atoms with Crippen LogP contribution in [0.3, 0.4) is 0 Å². The molecule has 2 heterocycles. The zero-order valence-electron chi connectivity index (χ0n) is 8.36. The first-order chi connectivity index (χ1) is 6.75. The summed E-state index contributed by atoms with van der Waals surface area (Å²) < 4.78 is 0. The van der Waals surface area contributed by atoms with Crippen molar-refractivity contribution >= 4 is 11.3 Å². The standard InChI is InChI=1S/C10H16N2OS/c1-7(13)9-6-12-10(14-9)5-8-3-2-4-11-8/h6-8,11,13H,2-5H2,1H3. The predicted octanol–water partition coefficient (Wildman–Crippen LogP) is 1.49. The number of nitrogens with one attached hydrogen (secondary N) is 1. The molecule has 2 unspecified atom stereocenters. The number of hydrogen-bond acceptors (Lipinski definition) is 4. The highest BCUT2D eigenvalue weighted by Gasteiger charge is 2.16. The molecule has 14 heavy (non-hydrogen) atoms. The van der Waals surface area contributed by atoms with Crippen LogP contribution in [0.5, 0.6) is 0 Å². The molecular weight excluding hydrogens is 196 g/mol. The highest BCUT2D eigenvalue weighted by atomic mass is 32.1. The van der Waals surface area contributed by atoms with E-state index in [-0.39, 0.29) is 6.10 Å². The molecule has 2 atom stereocenters. The van der Waals surface area contributed by atoms with Crippen LogP contribution in [-0.4, -0.2) is 22.7 Å². The predicted molar refractivity (Wildman–Crippen MR) is 57.5 cm³/mol. The number of aliphatic hydroxyl groups is 1. The summed E-state index contributed by atoms with van der Waals surface area (Å²) in [5.74, 6) is 0. The van der Waals surface area contributed by atoms with Crippen LogP contribution in [0.1, 0.15) is 35.8 Å². The molecule has 1 aromatic rings. The Labute approximate surface area is 88.2 Å². The van der Waals surface area contributed by atoms with Crippen molar-refractivity contribution in [2.75, 3.05) is 6.54 Å². The lowest BCUT2D eigenvalue weighted by molar-refractivity contribution is 0.203. The van der Waals surface area contributed by atoms with Crippen LogP contribution in [0, 0.1) is 0 Å². The summed E-state index contributed by atoms with van der Waals surface area (Å²) in [5.41, 5.74) is 0. The summed E-state index contributed by atoms with van der Waals surface area (Å²) >= 11 is 1.63. The Balaban J connectivity index is 1.95. The Morgan fingerprint density at radius 3 is 3.21 bits per heavy atom. The minimum atomic E-state index is -0.377. The van der Waals surface area contributed by atoms with Crippen molar-refractivity contribution in [2.24, 2.45) is 0 Å². The van der Waals surface area contributed by atoms with Crippen LogP contribution in [0.15, 0.2) is 6.20 Å². The van der Waals surface area contributed by atoms with Gasteiger partial charge in [-0.3, -0.25) is 0 Å². The van der Waals surface area contributed by atoms with Crippen LogP contribution >= 0.6 is 11.3 Å². The van der Waals surface area contributed by atoms with Gasteiger partial charge in [-0.2, -0.15) is 0 Å². The van der Waals surface area contributed by atoms with Gasteiger partial charge in [0.1, 0.15) is 0 Å². The van der Waals surface area contributed by atoms with E-state index in [1.54, 1.807) is 24.5 Å². The SMILES string of the molecule is CC(O)c1cnc(CC2CCCN2)s1. The number of nitrogens with zero attached hydrogens (tertiary/aromatic N) is 1. The van der Waals surface area contributed by atoms with Gasteiger partial charge in [-0.15, -0.1) is 11.3 Å². The van der Waals surface area contributed by atoms with Gasteiger partial charge in [0.2, 0.25) is 0 Å². The van der Waals surface area contributed by atoms with Crippen molar-refractivity contribution in [1.29, 1.82) is 0 Å². The Kier molecular flexibility index (Phi) is 3.15. The summed E-state index contributed by atoms with van der Waals surface area (Å²) in [6.45, 7) is 2.92. The highest BCUT2D eigenvalue weighted by molar-refractivity contribution is 7.11. The smallest absolute Gasteiger partial charge is 0.0944 e.